The van der Waals surface area contributed by atoms with Crippen LogP contribution in [0.4, 0.5) is 5.69 Å². The van der Waals surface area contributed by atoms with Crippen LogP contribution in [-0.4, -0.2) is 99.5 Å². The molecule has 1 aromatic carbocycles. The minimum absolute atomic E-state index is 0.283. The van der Waals surface area contributed by atoms with Crippen molar-refractivity contribution in [2.45, 2.75) is 32.6 Å². The fraction of sp³-hybridized carbons (Fsp3) is 0.684. The van der Waals surface area contributed by atoms with E-state index >= 15 is 0 Å². The number of aliphatic hydroxyl groups excluding tert-OH is 2. The second kappa shape index (κ2) is 10.7. The molecule has 0 aromatic heterocycles. The minimum atomic E-state index is -0.577. The van der Waals surface area contributed by atoms with Gasteiger partial charge in [0.1, 0.15) is 0 Å². The van der Waals surface area contributed by atoms with Crippen molar-refractivity contribution in [3.63, 3.8) is 0 Å². The van der Waals surface area contributed by atoms with Crippen LogP contribution in [0, 0.1) is 10.1 Å². The quantitative estimate of drug-likeness (QED) is 0.451. The highest BCUT2D eigenvalue weighted by atomic mass is 16.6. The summed E-state index contributed by atoms with van der Waals surface area (Å²) >= 11 is 0. The average Bonchev–Trinajstić information content (AvgIpc) is 2.68. The number of nitro groups is 1. The predicted molar refractivity (Wildman–Crippen MR) is 106 cm³/mol. The van der Waals surface area contributed by atoms with Crippen molar-refractivity contribution in [2.24, 2.45) is 0 Å². The highest BCUT2D eigenvalue weighted by molar-refractivity contribution is 5.50. The third-order valence-corrected chi connectivity index (χ3v) is 4.93. The van der Waals surface area contributed by atoms with Gasteiger partial charge in [0.15, 0.2) is 5.75 Å². The van der Waals surface area contributed by atoms with Crippen molar-refractivity contribution in [3.05, 3.63) is 33.9 Å². The molecule has 1 saturated heterocycles. The molecular weight excluding hydrogens is 364 g/mol. The Bertz CT molecular complexity index is 619. The summed E-state index contributed by atoms with van der Waals surface area (Å²) in [4.78, 5) is 17.0. The second-order valence-electron chi connectivity index (χ2n) is 7.62. The molecule has 0 spiro atoms. The number of hydrogen-bond donors (Lipinski definition) is 3. The summed E-state index contributed by atoms with van der Waals surface area (Å²) < 4.78 is 0. The zero-order valence-corrected chi connectivity index (χ0v) is 16.7. The fourth-order valence-electron chi connectivity index (χ4n) is 3.55. The van der Waals surface area contributed by atoms with Crippen LogP contribution in [0.1, 0.15) is 19.4 Å². The number of rotatable bonds is 7. The summed E-state index contributed by atoms with van der Waals surface area (Å²) in [6, 6.07) is 4.59. The van der Waals surface area contributed by atoms with E-state index < -0.39 is 17.1 Å². The number of phenols is 1. The number of nitrogens with zero attached hydrogens (tertiary/aromatic N) is 4. The molecule has 1 heterocycles. The zero-order valence-electron chi connectivity index (χ0n) is 16.7. The van der Waals surface area contributed by atoms with Crippen LogP contribution in [0.5, 0.6) is 5.75 Å². The first-order valence-electron chi connectivity index (χ1n) is 9.74. The van der Waals surface area contributed by atoms with Gasteiger partial charge in [-0.2, -0.15) is 0 Å². The lowest BCUT2D eigenvalue weighted by Crippen LogP contribution is -2.41. The third-order valence-electron chi connectivity index (χ3n) is 4.93. The van der Waals surface area contributed by atoms with Crippen LogP contribution in [0.2, 0.25) is 0 Å². The molecule has 158 valence electrons. The van der Waals surface area contributed by atoms with Gasteiger partial charge in [0.2, 0.25) is 0 Å². The van der Waals surface area contributed by atoms with E-state index in [1.54, 1.807) is 26.0 Å². The summed E-state index contributed by atoms with van der Waals surface area (Å²) in [6.07, 6.45) is -0.861. The summed E-state index contributed by atoms with van der Waals surface area (Å²) in [7, 11) is 0. The summed E-state index contributed by atoms with van der Waals surface area (Å²) in [5.74, 6) is -0.283. The van der Waals surface area contributed by atoms with Gasteiger partial charge in [-0.25, -0.2) is 0 Å². The van der Waals surface area contributed by atoms with Crippen molar-refractivity contribution >= 4 is 5.69 Å². The first kappa shape index (κ1) is 22.5. The Morgan fingerprint density at radius 2 is 1.43 bits per heavy atom. The Morgan fingerprint density at radius 3 is 1.86 bits per heavy atom. The number of β-amino-alcohol motifs (C(OH)–C–C–N with tert-alkyl or cyclic N) is 2. The molecule has 0 amide bonds. The van der Waals surface area contributed by atoms with Crippen LogP contribution in [0.15, 0.2) is 18.2 Å². The van der Waals surface area contributed by atoms with Gasteiger partial charge in [0, 0.05) is 70.5 Å². The molecule has 2 rings (SSSR count). The number of para-hydroxylation sites is 1. The molecule has 0 radical (unpaired) electrons. The number of aliphatic hydroxyl groups is 2. The molecule has 0 unspecified atom stereocenters. The number of aromatic hydroxyl groups is 1. The van der Waals surface area contributed by atoms with Crippen LogP contribution >= 0.6 is 0 Å². The average molecular weight is 396 g/mol. The maximum Gasteiger partial charge on any atom is 0.311 e. The summed E-state index contributed by atoms with van der Waals surface area (Å²) in [6.45, 7) is 9.61. The number of nitro benzene ring substituents is 1. The molecule has 1 aliphatic heterocycles. The number of phenolic OH excluding ortho intramolecular Hbond substituents is 1. The fourth-order valence-corrected chi connectivity index (χ4v) is 3.55. The van der Waals surface area contributed by atoms with Gasteiger partial charge in [0.05, 0.1) is 17.1 Å². The Morgan fingerprint density at radius 1 is 0.964 bits per heavy atom. The molecule has 1 aromatic rings. The van der Waals surface area contributed by atoms with Crippen LogP contribution in [0.25, 0.3) is 0 Å². The highest BCUT2D eigenvalue weighted by Gasteiger charge is 2.21. The van der Waals surface area contributed by atoms with Gasteiger partial charge in [-0.3, -0.25) is 24.8 Å². The first-order chi connectivity index (χ1) is 13.3. The summed E-state index contributed by atoms with van der Waals surface area (Å²) in [5, 5.41) is 40.9. The van der Waals surface area contributed by atoms with Gasteiger partial charge >= 0.3 is 5.69 Å². The molecule has 2 atom stereocenters. The van der Waals surface area contributed by atoms with Gasteiger partial charge in [-0.15, -0.1) is 0 Å². The van der Waals surface area contributed by atoms with Crippen molar-refractivity contribution in [3.8, 4) is 5.75 Å². The second-order valence-corrected chi connectivity index (χ2v) is 7.62. The largest absolute Gasteiger partial charge is 0.502 e. The molecule has 1 fully saturated rings. The van der Waals surface area contributed by atoms with Gasteiger partial charge in [0.25, 0.3) is 0 Å². The normalized spacial score (nSPS) is 20.1. The lowest BCUT2D eigenvalue weighted by Gasteiger charge is -2.27. The van der Waals surface area contributed by atoms with E-state index in [9.17, 15) is 25.4 Å². The van der Waals surface area contributed by atoms with Crippen LogP contribution in [0.3, 0.4) is 0 Å². The van der Waals surface area contributed by atoms with Crippen LogP contribution in [-0.2, 0) is 6.54 Å². The van der Waals surface area contributed by atoms with Gasteiger partial charge < -0.3 is 15.3 Å². The van der Waals surface area contributed by atoms with E-state index in [4.69, 9.17) is 0 Å². The monoisotopic (exact) mass is 396 g/mol. The Kier molecular flexibility index (Phi) is 8.58. The molecule has 28 heavy (non-hydrogen) atoms. The molecule has 1 aliphatic rings. The van der Waals surface area contributed by atoms with E-state index in [1.807, 2.05) is 0 Å². The first-order valence-corrected chi connectivity index (χ1v) is 9.74. The molecule has 0 aliphatic carbocycles. The Hall–Kier alpha value is -1.78. The number of benzene rings is 1. The highest BCUT2D eigenvalue weighted by Crippen LogP contribution is 2.30. The van der Waals surface area contributed by atoms with E-state index in [0.717, 1.165) is 39.3 Å². The van der Waals surface area contributed by atoms with E-state index in [0.29, 0.717) is 25.2 Å². The molecule has 0 saturated carbocycles. The maximum absolute atomic E-state index is 11.1. The molecular formula is C19H32N4O5. The Labute approximate surface area is 165 Å². The van der Waals surface area contributed by atoms with Gasteiger partial charge in [-0.1, -0.05) is 12.1 Å². The van der Waals surface area contributed by atoms with E-state index in [-0.39, 0.29) is 11.4 Å². The lowest BCUT2D eigenvalue weighted by atomic mass is 10.1. The topological polar surface area (TPSA) is 114 Å². The third kappa shape index (κ3) is 6.99. The summed E-state index contributed by atoms with van der Waals surface area (Å²) in [5.41, 5.74) is 0.242. The van der Waals surface area contributed by atoms with Crippen molar-refractivity contribution in [1.82, 2.24) is 14.7 Å². The standard InChI is InChI=1S/C19H32N4O5/c1-15(24)12-20-6-7-21(13-16(2)25)9-11-22(10-8-20)14-17-4-3-5-18(19(17)26)23(27)28/h3-5,15-16,24-26H,6-14H2,1-2H3/t15-,16-/m0/s1. The number of hydrogen-bond acceptors (Lipinski definition) is 8. The molecule has 0 bridgehead atoms. The predicted octanol–water partition coefficient (Wildman–Crippen LogP) is 0.482. The zero-order chi connectivity index (χ0) is 20.7. The van der Waals surface area contributed by atoms with Crippen molar-refractivity contribution in [2.75, 3.05) is 52.4 Å². The Balaban J connectivity index is 2.13. The maximum atomic E-state index is 11.1. The van der Waals surface area contributed by atoms with Crippen molar-refractivity contribution in [1.29, 1.82) is 0 Å². The lowest BCUT2D eigenvalue weighted by molar-refractivity contribution is -0.385. The minimum Gasteiger partial charge on any atom is -0.502 e. The van der Waals surface area contributed by atoms with Crippen molar-refractivity contribution < 1.29 is 20.2 Å². The smallest absolute Gasteiger partial charge is 0.311 e. The molecule has 3 N–H and O–H groups in total. The van der Waals surface area contributed by atoms with Gasteiger partial charge in [-0.05, 0) is 13.8 Å². The SMILES string of the molecule is C[C@H](O)CN1CCN(Cc2cccc([N+](=O)[O-])c2O)CCN(C[C@H](C)O)CC1. The van der Waals surface area contributed by atoms with E-state index in [1.165, 1.54) is 6.07 Å². The van der Waals surface area contributed by atoms with E-state index in [2.05, 4.69) is 14.7 Å². The molecule has 9 heteroatoms. The van der Waals surface area contributed by atoms with Crippen LogP contribution < -0.4 is 0 Å². The molecule has 9 nitrogen and oxygen atoms in total.